The van der Waals surface area contributed by atoms with E-state index in [2.05, 4.69) is 11.3 Å². The molecule has 10 heavy (non-hydrogen) atoms. The van der Waals surface area contributed by atoms with Crippen molar-refractivity contribution in [2.45, 2.75) is 19.3 Å². The summed E-state index contributed by atoms with van der Waals surface area (Å²) >= 11 is 0. The molecule has 2 unspecified atom stereocenters. The number of rotatable bonds is 2. The van der Waals surface area contributed by atoms with Crippen LogP contribution in [-0.2, 0) is 9.53 Å². The summed E-state index contributed by atoms with van der Waals surface area (Å²) in [7, 11) is 0. The Morgan fingerprint density at radius 2 is 2.80 bits per heavy atom. The Morgan fingerprint density at radius 3 is 3.40 bits per heavy atom. The molecule has 0 radical (unpaired) electrons. The van der Waals surface area contributed by atoms with Gasteiger partial charge in [-0.15, -0.1) is 6.58 Å². The van der Waals surface area contributed by atoms with Crippen LogP contribution in [0.4, 0.5) is 0 Å². The second-order valence-electron chi connectivity index (χ2n) is 2.49. The molecular formula is C8H12O2. The summed E-state index contributed by atoms with van der Waals surface area (Å²) in [6.07, 6.45) is 3.69. The SMILES string of the molecule is [2H]C1CC(CC=C)CC(=O)O1. The van der Waals surface area contributed by atoms with E-state index in [-0.39, 0.29) is 11.9 Å². The fourth-order valence-electron chi connectivity index (χ4n) is 1.06. The van der Waals surface area contributed by atoms with Crippen molar-refractivity contribution in [2.24, 2.45) is 5.92 Å². The van der Waals surface area contributed by atoms with Crippen molar-refractivity contribution in [2.75, 3.05) is 6.58 Å². The van der Waals surface area contributed by atoms with Gasteiger partial charge in [-0.1, -0.05) is 6.08 Å². The number of ether oxygens (including phenoxy) is 1. The van der Waals surface area contributed by atoms with Gasteiger partial charge in [-0.25, -0.2) is 0 Å². The third-order valence-electron chi connectivity index (χ3n) is 1.60. The summed E-state index contributed by atoms with van der Waals surface area (Å²) in [6.45, 7) is 2.94. The number of carbonyl (C=O) groups is 1. The molecule has 0 saturated carbocycles. The number of carbonyl (C=O) groups excluding carboxylic acids is 1. The molecule has 2 atom stereocenters. The smallest absolute Gasteiger partial charge is 0.306 e. The lowest BCUT2D eigenvalue weighted by Gasteiger charge is -2.19. The standard InChI is InChI=1S/C8H12O2/c1-2-3-7-4-5-10-8(9)6-7/h2,7H,1,3-6H2/i5D. The Bertz CT molecular complexity index is 167. The van der Waals surface area contributed by atoms with Crippen molar-refractivity contribution >= 4 is 5.97 Å². The van der Waals surface area contributed by atoms with E-state index in [0.29, 0.717) is 12.8 Å². The summed E-state index contributed by atoms with van der Waals surface area (Å²) in [4.78, 5) is 10.8. The van der Waals surface area contributed by atoms with Crippen molar-refractivity contribution in [1.82, 2.24) is 0 Å². The molecule has 0 bridgehead atoms. The van der Waals surface area contributed by atoms with Crippen LogP contribution in [0.2, 0.25) is 0 Å². The zero-order valence-electron chi connectivity index (χ0n) is 6.88. The highest BCUT2D eigenvalue weighted by molar-refractivity contribution is 5.70. The first kappa shape index (κ1) is 5.96. The van der Waals surface area contributed by atoms with E-state index in [1.807, 2.05) is 0 Å². The van der Waals surface area contributed by atoms with Crippen LogP contribution in [0.3, 0.4) is 0 Å². The predicted octanol–water partition coefficient (Wildman–Crippen LogP) is 1.52. The van der Waals surface area contributed by atoms with E-state index in [9.17, 15) is 4.79 Å². The largest absolute Gasteiger partial charge is 0.466 e. The monoisotopic (exact) mass is 141 g/mol. The minimum Gasteiger partial charge on any atom is -0.466 e. The Balaban J connectivity index is 2.42. The van der Waals surface area contributed by atoms with E-state index in [1.165, 1.54) is 0 Å². The fraction of sp³-hybridized carbons (Fsp3) is 0.625. The number of allylic oxidation sites excluding steroid dienone is 1. The zero-order chi connectivity index (χ0) is 8.27. The lowest BCUT2D eigenvalue weighted by atomic mass is 9.96. The Kier molecular flexibility index (Phi) is 2.02. The maximum absolute atomic E-state index is 10.8. The van der Waals surface area contributed by atoms with Gasteiger partial charge in [0.1, 0.15) is 0 Å². The topological polar surface area (TPSA) is 26.3 Å². The quantitative estimate of drug-likeness (QED) is 0.430. The summed E-state index contributed by atoms with van der Waals surface area (Å²) in [5, 5.41) is 0. The molecule has 1 rings (SSSR count). The molecule has 0 aliphatic carbocycles. The molecule has 1 fully saturated rings. The summed E-state index contributed by atoms with van der Waals surface area (Å²) < 4.78 is 11.9. The molecule has 0 aromatic rings. The molecule has 0 amide bonds. The van der Waals surface area contributed by atoms with E-state index < -0.39 is 6.58 Å². The second-order valence-corrected chi connectivity index (χ2v) is 2.49. The Hall–Kier alpha value is -0.790. The summed E-state index contributed by atoms with van der Waals surface area (Å²) in [6, 6.07) is 0. The van der Waals surface area contributed by atoms with Crippen LogP contribution in [0, 0.1) is 5.92 Å². The first-order chi connectivity index (χ1) is 5.22. The highest BCUT2D eigenvalue weighted by atomic mass is 16.5. The lowest BCUT2D eigenvalue weighted by molar-refractivity contribution is -0.149. The molecule has 2 heteroatoms. The second kappa shape index (κ2) is 3.40. The van der Waals surface area contributed by atoms with Crippen LogP contribution in [0.25, 0.3) is 0 Å². The average molecular weight is 141 g/mol. The number of hydrogen-bond donors (Lipinski definition) is 0. The Morgan fingerprint density at radius 1 is 2.00 bits per heavy atom. The van der Waals surface area contributed by atoms with Crippen LogP contribution >= 0.6 is 0 Å². The molecule has 0 N–H and O–H groups in total. The molecule has 1 saturated heterocycles. The first-order valence-corrected chi connectivity index (χ1v) is 3.45. The van der Waals surface area contributed by atoms with Crippen molar-refractivity contribution in [1.29, 1.82) is 0 Å². The van der Waals surface area contributed by atoms with Gasteiger partial charge in [0.2, 0.25) is 0 Å². The molecule has 1 heterocycles. The third-order valence-corrected chi connectivity index (χ3v) is 1.60. The third kappa shape index (κ3) is 1.87. The number of cyclic esters (lactones) is 1. The normalized spacial score (nSPS) is 34.4. The number of hydrogen-bond acceptors (Lipinski definition) is 2. The maximum atomic E-state index is 10.8. The van der Waals surface area contributed by atoms with Gasteiger partial charge in [-0.05, 0) is 18.8 Å². The van der Waals surface area contributed by atoms with Gasteiger partial charge in [0.05, 0.1) is 7.95 Å². The van der Waals surface area contributed by atoms with E-state index in [0.717, 1.165) is 6.42 Å². The molecule has 2 nitrogen and oxygen atoms in total. The molecule has 0 spiro atoms. The minimum absolute atomic E-state index is 0.247. The zero-order valence-corrected chi connectivity index (χ0v) is 5.88. The van der Waals surface area contributed by atoms with Crippen molar-refractivity contribution < 1.29 is 10.9 Å². The van der Waals surface area contributed by atoms with Gasteiger partial charge in [-0.2, -0.15) is 0 Å². The van der Waals surface area contributed by atoms with Gasteiger partial charge in [0.25, 0.3) is 0 Å². The summed E-state index contributed by atoms with van der Waals surface area (Å²) in [5.74, 6) is 0.0272. The van der Waals surface area contributed by atoms with Gasteiger partial charge in [-0.3, -0.25) is 4.79 Å². The van der Waals surface area contributed by atoms with Gasteiger partial charge < -0.3 is 4.74 Å². The molecule has 1 aliphatic rings. The summed E-state index contributed by atoms with van der Waals surface area (Å²) in [5.41, 5.74) is 0. The van der Waals surface area contributed by atoms with Crippen LogP contribution in [0.1, 0.15) is 20.6 Å². The molecule has 1 aliphatic heterocycles. The molecular weight excluding hydrogens is 128 g/mol. The van der Waals surface area contributed by atoms with Crippen molar-refractivity contribution in [3.8, 4) is 0 Å². The van der Waals surface area contributed by atoms with Crippen molar-refractivity contribution in [3.63, 3.8) is 0 Å². The van der Waals surface area contributed by atoms with Crippen LogP contribution in [-0.4, -0.2) is 12.6 Å². The van der Waals surface area contributed by atoms with E-state index in [1.54, 1.807) is 6.08 Å². The molecule has 56 valence electrons. The van der Waals surface area contributed by atoms with Crippen LogP contribution in [0.5, 0.6) is 0 Å². The van der Waals surface area contributed by atoms with Crippen LogP contribution < -0.4 is 0 Å². The number of esters is 1. The first-order valence-electron chi connectivity index (χ1n) is 4.02. The van der Waals surface area contributed by atoms with Gasteiger partial charge in [0.15, 0.2) is 0 Å². The van der Waals surface area contributed by atoms with Crippen molar-refractivity contribution in [3.05, 3.63) is 12.7 Å². The average Bonchev–Trinajstić information content (AvgIpc) is 1.85. The van der Waals surface area contributed by atoms with Gasteiger partial charge in [0, 0.05) is 6.42 Å². The van der Waals surface area contributed by atoms with E-state index in [4.69, 9.17) is 1.37 Å². The maximum Gasteiger partial charge on any atom is 0.306 e. The minimum atomic E-state index is -0.652. The highest BCUT2D eigenvalue weighted by Crippen LogP contribution is 2.18. The fourth-order valence-corrected chi connectivity index (χ4v) is 1.06. The molecule has 0 aromatic heterocycles. The molecule has 0 aromatic carbocycles. The van der Waals surface area contributed by atoms with E-state index >= 15 is 0 Å². The highest BCUT2D eigenvalue weighted by Gasteiger charge is 2.18. The van der Waals surface area contributed by atoms with Crippen LogP contribution in [0.15, 0.2) is 12.7 Å². The lowest BCUT2D eigenvalue weighted by Crippen LogP contribution is -2.20. The van der Waals surface area contributed by atoms with Gasteiger partial charge >= 0.3 is 5.97 Å². The Labute approximate surface area is 62.3 Å². The predicted molar refractivity (Wildman–Crippen MR) is 38.5 cm³/mol.